The third-order valence-electron chi connectivity index (χ3n) is 2.21. The van der Waals surface area contributed by atoms with Crippen molar-refractivity contribution in [3.05, 3.63) is 0 Å². The van der Waals surface area contributed by atoms with Crippen molar-refractivity contribution in [3.8, 4) is 0 Å². The Morgan fingerprint density at radius 2 is 2.00 bits per heavy atom. The Balaban J connectivity index is 2.01. The molecule has 1 saturated carbocycles. The van der Waals surface area contributed by atoms with Gasteiger partial charge in [-0.15, -0.1) is 0 Å². The summed E-state index contributed by atoms with van der Waals surface area (Å²) in [5.41, 5.74) is 0. The monoisotopic (exact) mass is 175 g/mol. The summed E-state index contributed by atoms with van der Waals surface area (Å²) in [7, 11) is 3.23. The van der Waals surface area contributed by atoms with Crippen molar-refractivity contribution in [1.82, 2.24) is 5.32 Å². The Morgan fingerprint density at radius 1 is 1.42 bits per heavy atom. The third-order valence-corrected chi connectivity index (χ3v) is 2.21. The van der Waals surface area contributed by atoms with Crippen LogP contribution in [0, 0.1) is 0 Å². The maximum absolute atomic E-state index is 9.00. The predicted octanol–water partition coefficient (Wildman–Crippen LogP) is -0.282. The van der Waals surface area contributed by atoms with Gasteiger partial charge in [-0.1, -0.05) is 0 Å². The van der Waals surface area contributed by atoms with Crippen LogP contribution in [0.1, 0.15) is 12.8 Å². The highest BCUT2D eigenvalue weighted by molar-refractivity contribution is 4.84. The molecule has 1 aliphatic carbocycles. The van der Waals surface area contributed by atoms with E-state index < -0.39 is 0 Å². The normalized spacial score (nSPS) is 29.0. The fraction of sp³-hybridized carbons (Fsp3) is 1.00. The van der Waals surface area contributed by atoms with Gasteiger partial charge in [0.05, 0.1) is 6.10 Å². The van der Waals surface area contributed by atoms with Crippen LogP contribution in [-0.4, -0.2) is 44.3 Å². The zero-order valence-electron chi connectivity index (χ0n) is 7.62. The minimum Gasteiger partial charge on any atom is -0.393 e. The third kappa shape index (κ3) is 2.71. The second-order valence-electron chi connectivity index (χ2n) is 3.13. The van der Waals surface area contributed by atoms with Gasteiger partial charge in [0.1, 0.15) is 0 Å². The van der Waals surface area contributed by atoms with Gasteiger partial charge in [0, 0.05) is 26.8 Å². The molecule has 1 rings (SSSR count). The SMILES string of the molecule is COC(CNC1CC(O)C1)OC. The zero-order valence-corrected chi connectivity index (χ0v) is 7.62. The number of hydrogen-bond acceptors (Lipinski definition) is 4. The van der Waals surface area contributed by atoms with Crippen molar-refractivity contribution < 1.29 is 14.6 Å². The molecule has 0 aromatic rings. The van der Waals surface area contributed by atoms with Gasteiger partial charge >= 0.3 is 0 Å². The lowest BCUT2D eigenvalue weighted by Gasteiger charge is -2.33. The lowest BCUT2D eigenvalue weighted by Crippen LogP contribution is -2.47. The molecular formula is C8H17NO3. The quantitative estimate of drug-likeness (QED) is 0.564. The first kappa shape index (κ1) is 9.92. The van der Waals surface area contributed by atoms with E-state index in [4.69, 9.17) is 14.6 Å². The first-order valence-corrected chi connectivity index (χ1v) is 4.23. The Labute approximate surface area is 72.9 Å². The Bertz CT molecular complexity index is 121. The van der Waals surface area contributed by atoms with E-state index in [0.717, 1.165) is 12.8 Å². The van der Waals surface area contributed by atoms with Gasteiger partial charge in [-0.3, -0.25) is 0 Å². The van der Waals surface area contributed by atoms with Gasteiger partial charge < -0.3 is 19.9 Å². The smallest absolute Gasteiger partial charge is 0.169 e. The van der Waals surface area contributed by atoms with Crippen molar-refractivity contribution in [2.75, 3.05) is 20.8 Å². The molecule has 0 aromatic carbocycles. The van der Waals surface area contributed by atoms with E-state index in [2.05, 4.69) is 5.32 Å². The summed E-state index contributed by atoms with van der Waals surface area (Å²) in [6, 6.07) is 0.438. The molecule has 0 radical (unpaired) electrons. The summed E-state index contributed by atoms with van der Waals surface area (Å²) in [4.78, 5) is 0. The van der Waals surface area contributed by atoms with E-state index >= 15 is 0 Å². The number of methoxy groups -OCH3 is 2. The van der Waals surface area contributed by atoms with Crippen molar-refractivity contribution in [3.63, 3.8) is 0 Å². The minimum atomic E-state index is -0.178. The number of rotatable bonds is 5. The number of aliphatic hydroxyl groups is 1. The van der Waals surface area contributed by atoms with Crippen LogP contribution < -0.4 is 5.32 Å². The maximum Gasteiger partial charge on any atom is 0.169 e. The van der Waals surface area contributed by atoms with Crippen LogP contribution in [0.25, 0.3) is 0 Å². The molecule has 12 heavy (non-hydrogen) atoms. The molecule has 0 heterocycles. The molecule has 4 nitrogen and oxygen atoms in total. The van der Waals surface area contributed by atoms with E-state index in [0.29, 0.717) is 12.6 Å². The van der Waals surface area contributed by atoms with E-state index in [1.54, 1.807) is 14.2 Å². The van der Waals surface area contributed by atoms with Crippen molar-refractivity contribution >= 4 is 0 Å². The number of ether oxygens (including phenoxy) is 2. The second kappa shape index (κ2) is 4.77. The highest BCUT2D eigenvalue weighted by Crippen LogP contribution is 2.19. The lowest BCUT2D eigenvalue weighted by molar-refractivity contribution is -0.102. The topological polar surface area (TPSA) is 50.7 Å². The molecule has 4 heteroatoms. The second-order valence-corrected chi connectivity index (χ2v) is 3.13. The number of hydrogen-bond donors (Lipinski definition) is 2. The number of nitrogens with one attached hydrogen (secondary N) is 1. The first-order valence-electron chi connectivity index (χ1n) is 4.23. The van der Waals surface area contributed by atoms with Crippen molar-refractivity contribution in [1.29, 1.82) is 0 Å². The van der Waals surface area contributed by atoms with Crippen molar-refractivity contribution in [2.24, 2.45) is 0 Å². The van der Waals surface area contributed by atoms with Gasteiger partial charge in [-0.25, -0.2) is 0 Å². The molecule has 0 unspecified atom stereocenters. The largest absolute Gasteiger partial charge is 0.393 e. The van der Waals surface area contributed by atoms with Gasteiger partial charge in [0.15, 0.2) is 6.29 Å². The van der Waals surface area contributed by atoms with Crippen LogP contribution >= 0.6 is 0 Å². The van der Waals surface area contributed by atoms with E-state index in [9.17, 15) is 0 Å². The molecule has 0 bridgehead atoms. The highest BCUT2D eigenvalue weighted by Gasteiger charge is 2.26. The van der Waals surface area contributed by atoms with Crippen LogP contribution in [0.15, 0.2) is 0 Å². The molecule has 1 aliphatic rings. The molecule has 0 saturated heterocycles. The summed E-state index contributed by atoms with van der Waals surface area (Å²) in [6.07, 6.45) is 1.41. The van der Waals surface area contributed by atoms with Crippen LogP contribution in [0.5, 0.6) is 0 Å². The Hall–Kier alpha value is -0.160. The lowest BCUT2D eigenvalue weighted by atomic mass is 9.89. The average Bonchev–Trinajstić information content (AvgIpc) is 2.03. The standard InChI is InChI=1S/C8H17NO3/c1-11-8(12-2)5-9-6-3-7(10)4-6/h6-10H,3-5H2,1-2H3. The molecule has 0 amide bonds. The summed E-state index contributed by atoms with van der Waals surface area (Å²) in [5, 5.41) is 12.2. The highest BCUT2D eigenvalue weighted by atomic mass is 16.7. The fourth-order valence-corrected chi connectivity index (χ4v) is 1.28. The van der Waals surface area contributed by atoms with Crippen LogP contribution in [0.3, 0.4) is 0 Å². The van der Waals surface area contributed by atoms with E-state index in [-0.39, 0.29) is 12.4 Å². The van der Waals surface area contributed by atoms with Crippen LogP contribution in [0.2, 0.25) is 0 Å². The molecular weight excluding hydrogens is 158 g/mol. The maximum atomic E-state index is 9.00. The summed E-state index contributed by atoms with van der Waals surface area (Å²) in [5.74, 6) is 0. The van der Waals surface area contributed by atoms with Gasteiger partial charge in [0.2, 0.25) is 0 Å². The van der Waals surface area contributed by atoms with Crippen LogP contribution in [-0.2, 0) is 9.47 Å². The van der Waals surface area contributed by atoms with E-state index in [1.165, 1.54) is 0 Å². The number of aliphatic hydroxyl groups excluding tert-OH is 1. The minimum absolute atomic E-state index is 0.106. The van der Waals surface area contributed by atoms with E-state index in [1.807, 2.05) is 0 Å². The zero-order chi connectivity index (χ0) is 8.97. The van der Waals surface area contributed by atoms with Gasteiger partial charge in [-0.05, 0) is 12.8 Å². The predicted molar refractivity (Wildman–Crippen MR) is 44.8 cm³/mol. The average molecular weight is 175 g/mol. The summed E-state index contributed by atoms with van der Waals surface area (Å²) in [6.45, 7) is 0.685. The van der Waals surface area contributed by atoms with Gasteiger partial charge in [-0.2, -0.15) is 0 Å². The first-order chi connectivity index (χ1) is 5.76. The Morgan fingerprint density at radius 3 is 2.42 bits per heavy atom. The summed E-state index contributed by atoms with van der Waals surface area (Å²) >= 11 is 0. The molecule has 0 aliphatic heterocycles. The molecule has 2 N–H and O–H groups in total. The molecule has 0 spiro atoms. The molecule has 0 aromatic heterocycles. The van der Waals surface area contributed by atoms with Crippen LogP contribution in [0.4, 0.5) is 0 Å². The molecule has 72 valence electrons. The fourth-order valence-electron chi connectivity index (χ4n) is 1.28. The van der Waals surface area contributed by atoms with Crippen molar-refractivity contribution in [2.45, 2.75) is 31.3 Å². The molecule has 0 atom stereocenters. The van der Waals surface area contributed by atoms with Gasteiger partial charge in [0.25, 0.3) is 0 Å². The summed E-state index contributed by atoms with van der Waals surface area (Å²) < 4.78 is 10.00. The Kier molecular flexibility index (Phi) is 3.94. The molecule has 1 fully saturated rings.